The Morgan fingerprint density at radius 1 is 1.33 bits per heavy atom. The Hall–Kier alpha value is -1.77. The van der Waals surface area contributed by atoms with E-state index < -0.39 is 0 Å². The fourth-order valence-corrected chi connectivity index (χ4v) is 2.39. The van der Waals surface area contributed by atoms with Crippen LogP contribution in [0.15, 0.2) is 30.7 Å². The molecule has 0 saturated carbocycles. The number of hydrogen-bond donors (Lipinski definition) is 2. The molecule has 3 nitrogen and oxygen atoms in total. The molecule has 0 saturated heterocycles. The lowest BCUT2D eigenvalue weighted by Crippen LogP contribution is -1.98. The van der Waals surface area contributed by atoms with E-state index in [2.05, 4.69) is 16.0 Å². The highest BCUT2D eigenvalue weighted by atomic mass is 14.9. The number of imidazole rings is 1. The van der Waals surface area contributed by atoms with Crippen molar-refractivity contribution in [1.82, 2.24) is 9.97 Å². The van der Waals surface area contributed by atoms with Gasteiger partial charge in [-0.2, -0.15) is 0 Å². The van der Waals surface area contributed by atoms with Gasteiger partial charge in [-0.15, -0.1) is 0 Å². The van der Waals surface area contributed by atoms with Gasteiger partial charge in [0.25, 0.3) is 0 Å². The SMILES string of the molecule is Nc1cccc2c1CC(c1cnc[nH]1)C2. The first kappa shape index (κ1) is 8.53. The standard InChI is InChI=1S/C12H13N3/c13-11-3-1-2-8-4-9(5-10(8)11)12-6-14-7-15-12/h1-3,6-7,9H,4-5,13H2,(H,14,15). The molecular weight excluding hydrogens is 186 g/mol. The van der Waals surface area contributed by atoms with Gasteiger partial charge in [0.05, 0.1) is 6.33 Å². The number of nitrogen functional groups attached to an aromatic ring is 1. The van der Waals surface area contributed by atoms with Crippen molar-refractivity contribution < 1.29 is 0 Å². The maximum absolute atomic E-state index is 5.96. The summed E-state index contributed by atoms with van der Waals surface area (Å²) >= 11 is 0. The normalized spacial score (nSPS) is 19.1. The van der Waals surface area contributed by atoms with Crippen LogP contribution in [0.1, 0.15) is 22.7 Å². The molecule has 1 atom stereocenters. The van der Waals surface area contributed by atoms with Crippen molar-refractivity contribution in [1.29, 1.82) is 0 Å². The lowest BCUT2D eigenvalue weighted by molar-refractivity contribution is 0.720. The van der Waals surface area contributed by atoms with Crippen molar-refractivity contribution in [2.24, 2.45) is 0 Å². The Morgan fingerprint density at radius 2 is 2.27 bits per heavy atom. The minimum atomic E-state index is 0.521. The lowest BCUT2D eigenvalue weighted by atomic mass is 10.0. The summed E-state index contributed by atoms with van der Waals surface area (Å²) in [4.78, 5) is 7.25. The van der Waals surface area contributed by atoms with E-state index in [4.69, 9.17) is 5.73 Å². The van der Waals surface area contributed by atoms with Gasteiger partial charge in [-0.1, -0.05) is 12.1 Å². The number of anilines is 1. The zero-order chi connectivity index (χ0) is 10.3. The van der Waals surface area contributed by atoms with E-state index in [-0.39, 0.29) is 0 Å². The Morgan fingerprint density at radius 3 is 3.00 bits per heavy atom. The highest BCUT2D eigenvalue weighted by Crippen LogP contribution is 2.35. The van der Waals surface area contributed by atoms with E-state index >= 15 is 0 Å². The van der Waals surface area contributed by atoms with Gasteiger partial charge in [0.1, 0.15) is 0 Å². The summed E-state index contributed by atoms with van der Waals surface area (Å²) in [5, 5.41) is 0. The van der Waals surface area contributed by atoms with Gasteiger partial charge in [-0.3, -0.25) is 0 Å². The van der Waals surface area contributed by atoms with E-state index in [1.165, 1.54) is 16.8 Å². The van der Waals surface area contributed by atoms with Crippen LogP contribution in [0.4, 0.5) is 5.69 Å². The molecule has 2 aromatic rings. The molecule has 0 amide bonds. The zero-order valence-electron chi connectivity index (χ0n) is 8.40. The highest BCUT2D eigenvalue weighted by Gasteiger charge is 2.24. The summed E-state index contributed by atoms with van der Waals surface area (Å²) in [6, 6.07) is 6.18. The topological polar surface area (TPSA) is 54.7 Å². The van der Waals surface area contributed by atoms with Crippen LogP contribution in [-0.2, 0) is 12.8 Å². The van der Waals surface area contributed by atoms with Gasteiger partial charge in [-0.05, 0) is 30.0 Å². The van der Waals surface area contributed by atoms with Crippen molar-refractivity contribution in [2.75, 3.05) is 5.73 Å². The molecule has 76 valence electrons. The summed E-state index contributed by atoms with van der Waals surface area (Å²) in [5.74, 6) is 0.521. The molecule has 0 radical (unpaired) electrons. The van der Waals surface area contributed by atoms with Crippen LogP contribution in [0.2, 0.25) is 0 Å². The number of H-pyrrole nitrogens is 1. The number of rotatable bonds is 1. The van der Waals surface area contributed by atoms with Crippen molar-refractivity contribution in [2.45, 2.75) is 18.8 Å². The first-order valence-corrected chi connectivity index (χ1v) is 5.19. The highest BCUT2D eigenvalue weighted by molar-refractivity contribution is 5.54. The molecular formula is C12H13N3. The van der Waals surface area contributed by atoms with Crippen LogP contribution in [0.3, 0.4) is 0 Å². The summed E-state index contributed by atoms with van der Waals surface area (Å²) in [6.45, 7) is 0. The van der Waals surface area contributed by atoms with Crippen molar-refractivity contribution in [3.05, 3.63) is 47.5 Å². The maximum atomic E-state index is 5.96. The van der Waals surface area contributed by atoms with E-state index in [1.807, 2.05) is 18.3 Å². The van der Waals surface area contributed by atoms with Crippen LogP contribution < -0.4 is 5.73 Å². The predicted octanol–water partition coefficient (Wildman–Crippen LogP) is 1.87. The average molecular weight is 199 g/mol. The molecule has 0 bridgehead atoms. The first-order chi connectivity index (χ1) is 7.34. The molecule has 3 heteroatoms. The second-order valence-electron chi connectivity index (χ2n) is 4.10. The van der Waals surface area contributed by atoms with Gasteiger partial charge in [-0.25, -0.2) is 4.98 Å². The second-order valence-corrected chi connectivity index (χ2v) is 4.10. The minimum absolute atomic E-state index is 0.521. The molecule has 15 heavy (non-hydrogen) atoms. The second kappa shape index (κ2) is 3.12. The number of hydrogen-bond acceptors (Lipinski definition) is 2. The van der Waals surface area contributed by atoms with Gasteiger partial charge < -0.3 is 10.7 Å². The Balaban J connectivity index is 1.96. The van der Waals surface area contributed by atoms with Crippen molar-refractivity contribution in [3.8, 4) is 0 Å². The van der Waals surface area contributed by atoms with Crippen LogP contribution in [0.25, 0.3) is 0 Å². The smallest absolute Gasteiger partial charge is 0.0921 e. The summed E-state index contributed by atoms with van der Waals surface area (Å²) in [7, 11) is 0. The lowest BCUT2D eigenvalue weighted by Gasteiger charge is -2.04. The molecule has 1 aliphatic carbocycles. The number of aromatic nitrogens is 2. The molecule has 0 fully saturated rings. The molecule has 0 aliphatic heterocycles. The number of nitrogens with one attached hydrogen (secondary N) is 1. The third-order valence-corrected chi connectivity index (χ3v) is 3.19. The quantitative estimate of drug-likeness (QED) is 0.689. The largest absolute Gasteiger partial charge is 0.398 e. The van der Waals surface area contributed by atoms with E-state index in [0.29, 0.717) is 5.92 Å². The zero-order valence-corrected chi connectivity index (χ0v) is 8.40. The molecule has 3 N–H and O–H groups in total. The summed E-state index contributed by atoms with van der Waals surface area (Å²) < 4.78 is 0. The fraction of sp³-hybridized carbons (Fsp3) is 0.250. The number of nitrogens with zero attached hydrogens (tertiary/aromatic N) is 1. The summed E-state index contributed by atoms with van der Waals surface area (Å²) in [6.07, 6.45) is 5.75. The van der Waals surface area contributed by atoms with Crippen LogP contribution >= 0.6 is 0 Å². The van der Waals surface area contributed by atoms with Gasteiger partial charge in [0.15, 0.2) is 0 Å². The van der Waals surface area contributed by atoms with Crippen molar-refractivity contribution in [3.63, 3.8) is 0 Å². The third-order valence-electron chi connectivity index (χ3n) is 3.19. The first-order valence-electron chi connectivity index (χ1n) is 5.19. The number of nitrogens with two attached hydrogens (primary N) is 1. The van der Waals surface area contributed by atoms with E-state index in [0.717, 1.165) is 18.5 Å². The average Bonchev–Trinajstić information content (AvgIpc) is 2.86. The van der Waals surface area contributed by atoms with Gasteiger partial charge in [0, 0.05) is 23.5 Å². The predicted molar refractivity (Wildman–Crippen MR) is 59.6 cm³/mol. The van der Waals surface area contributed by atoms with Crippen molar-refractivity contribution >= 4 is 5.69 Å². The Labute approximate surface area is 88.3 Å². The maximum Gasteiger partial charge on any atom is 0.0921 e. The van der Waals surface area contributed by atoms with E-state index in [9.17, 15) is 0 Å². The van der Waals surface area contributed by atoms with Crippen LogP contribution in [0, 0.1) is 0 Å². The molecule has 1 aliphatic rings. The molecule has 0 spiro atoms. The Bertz CT molecular complexity index is 474. The molecule has 1 heterocycles. The summed E-state index contributed by atoms with van der Waals surface area (Å²) in [5.41, 5.74) is 10.8. The van der Waals surface area contributed by atoms with Gasteiger partial charge in [0.2, 0.25) is 0 Å². The van der Waals surface area contributed by atoms with Crippen LogP contribution in [-0.4, -0.2) is 9.97 Å². The molecule has 1 unspecified atom stereocenters. The number of fused-ring (bicyclic) bond motifs is 1. The molecule has 1 aromatic carbocycles. The number of benzene rings is 1. The third kappa shape index (κ3) is 1.31. The van der Waals surface area contributed by atoms with E-state index in [1.54, 1.807) is 6.33 Å². The fourth-order valence-electron chi connectivity index (χ4n) is 2.39. The van der Waals surface area contributed by atoms with Crippen LogP contribution in [0.5, 0.6) is 0 Å². The monoisotopic (exact) mass is 199 g/mol. The molecule has 3 rings (SSSR count). The minimum Gasteiger partial charge on any atom is -0.398 e. The Kier molecular flexibility index (Phi) is 1.78. The molecule has 1 aromatic heterocycles. The number of aromatic amines is 1. The van der Waals surface area contributed by atoms with Gasteiger partial charge >= 0.3 is 0 Å².